The van der Waals surface area contributed by atoms with Gasteiger partial charge in [0.05, 0.1) is 18.2 Å². The van der Waals surface area contributed by atoms with E-state index < -0.39 is 17.8 Å². The van der Waals surface area contributed by atoms with E-state index in [9.17, 15) is 14.3 Å². The van der Waals surface area contributed by atoms with Crippen molar-refractivity contribution in [3.05, 3.63) is 69.9 Å². The molecule has 0 fully saturated rings. The van der Waals surface area contributed by atoms with Gasteiger partial charge < -0.3 is 10.4 Å². The van der Waals surface area contributed by atoms with Crippen molar-refractivity contribution in [3.63, 3.8) is 0 Å². The van der Waals surface area contributed by atoms with Crippen molar-refractivity contribution in [3.8, 4) is 0 Å². The minimum Gasteiger partial charge on any atom is -0.394 e. The number of amides is 1. The fourth-order valence-corrected chi connectivity index (χ4v) is 2.42. The fraction of sp³-hybridized carbons (Fsp3) is 0.188. The zero-order valence-electron chi connectivity index (χ0n) is 11.2. The van der Waals surface area contributed by atoms with Crippen LogP contribution < -0.4 is 5.32 Å². The third-order valence-corrected chi connectivity index (χ3v) is 3.75. The van der Waals surface area contributed by atoms with Crippen molar-refractivity contribution in [2.24, 2.45) is 0 Å². The van der Waals surface area contributed by atoms with E-state index in [1.165, 1.54) is 12.1 Å². The molecule has 1 atom stereocenters. The topological polar surface area (TPSA) is 49.3 Å². The molecular formula is C16H15BrFNO2. The third kappa shape index (κ3) is 4.37. The van der Waals surface area contributed by atoms with Crippen molar-refractivity contribution in [2.45, 2.75) is 12.5 Å². The molecule has 2 rings (SSSR count). The van der Waals surface area contributed by atoms with E-state index in [2.05, 4.69) is 21.2 Å². The lowest BCUT2D eigenvalue weighted by Gasteiger charge is -2.17. The van der Waals surface area contributed by atoms with Crippen LogP contribution in [0.2, 0.25) is 0 Å². The molecule has 2 aromatic carbocycles. The van der Waals surface area contributed by atoms with Gasteiger partial charge in [-0.2, -0.15) is 0 Å². The quantitative estimate of drug-likeness (QED) is 0.869. The normalized spacial score (nSPS) is 12.0. The molecule has 0 aliphatic heterocycles. The molecule has 0 unspecified atom stereocenters. The van der Waals surface area contributed by atoms with Gasteiger partial charge in [-0.15, -0.1) is 0 Å². The first-order chi connectivity index (χ1) is 10.1. The Morgan fingerprint density at radius 2 is 1.95 bits per heavy atom. The van der Waals surface area contributed by atoms with Crippen LogP contribution in [0, 0.1) is 5.82 Å². The van der Waals surface area contributed by atoms with Gasteiger partial charge in [0, 0.05) is 4.47 Å². The maximum atomic E-state index is 13.2. The Bertz CT molecular complexity index is 619. The van der Waals surface area contributed by atoms with Gasteiger partial charge in [-0.05, 0) is 46.1 Å². The minimum absolute atomic E-state index is 0.187. The summed E-state index contributed by atoms with van der Waals surface area (Å²) in [4.78, 5) is 12.2. The second kappa shape index (κ2) is 7.33. The van der Waals surface area contributed by atoms with Crippen LogP contribution in [0.3, 0.4) is 0 Å². The highest BCUT2D eigenvalue weighted by molar-refractivity contribution is 9.10. The van der Waals surface area contributed by atoms with Crippen LogP contribution in [0.15, 0.2) is 53.0 Å². The lowest BCUT2D eigenvalue weighted by atomic mass is 10.1. The van der Waals surface area contributed by atoms with Crippen molar-refractivity contribution in [2.75, 3.05) is 6.61 Å². The first-order valence-corrected chi connectivity index (χ1v) is 7.30. The molecule has 0 aliphatic rings. The van der Waals surface area contributed by atoms with Crippen LogP contribution >= 0.6 is 15.9 Å². The number of rotatable bonds is 5. The number of benzene rings is 2. The molecule has 0 bridgehead atoms. The second-order valence-corrected chi connectivity index (χ2v) is 5.52. The van der Waals surface area contributed by atoms with E-state index in [4.69, 9.17) is 0 Å². The molecular weight excluding hydrogens is 337 g/mol. The molecule has 110 valence electrons. The fourth-order valence-electron chi connectivity index (χ4n) is 1.99. The van der Waals surface area contributed by atoms with Crippen molar-refractivity contribution < 1.29 is 14.3 Å². The number of hydrogen-bond donors (Lipinski definition) is 2. The lowest BCUT2D eigenvalue weighted by molar-refractivity contribution is 0.0915. The van der Waals surface area contributed by atoms with Gasteiger partial charge in [0.25, 0.3) is 5.91 Å². The van der Waals surface area contributed by atoms with Crippen LogP contribution in [-0.2, 0) is 6.42 Å². The summed E-state index contributed by atoms with van der Waals surface area (Å²) in [5.74, 6) is -0.900. The van der Waals surface area contributed by atoms with Crippen LogP contribution in [-0.4, -0.2) is 23.7 Å². The van der Waals surface area contributed by atoms with Crippen LogP contribution in [0.1, 0.15) is 15.9 Å². The zero-order chi connectivity index (χ0) is 15.2. The standard InChI is InChI=1S/C16H15BrFNO2/c17-15-7-6-12(18)9-14(15)16(21)19-13(10-20)8-11-4-2-1-3-5-11/h1-7,9,13,20H,8,10H2,(H,19,21)/t13-/m0/s1. The molecule has 0 radical (unpaired) electrons. The number of carbonyl (C=O) groups is 1. The first-order valence-electron chi connectivity index (χ1n) is 6.51. The molecule has 2 aromatic rings. The number of nitrogens with one attached hydrogen (secondary N) is 1. The monoisotopic (exact) mass is 351 g/mol. The van der Waals surface area contributed by atoms with E-state index in [1.54, 1.807) is 0 Å². The summed E-state index contributed by atoms with van der Waals surface area (Å²) in [7, 11) is 0. The Hall–Kier alpha value is -1.72. The largest absolute Gasteiger partial charge is 0.394 e. The minimum atomic E-state index is -0.480. The highest BCUT2D eigenvalue weighted by Crippen LogP contribution is 2.18. The van der Waals surface area contributed by atoms with E-state index in [0.717, 1.165) is 11.6 Å². The molecule has 0 heterocycles. The van der Waals surface area contributed by atoms with Crippen molar-refractivity contribution >= 4 is 21.8 Å². The third-order valence-electron chi connectivity index (χ3n) is 3.05. The van der Waals surface area contributed by atoms with Crippen molar-refractivity contribution in [1.29, 1.82) is 0 Å². The van der Waals surface area contributed by atoms with E-state index in [-0.39, 0.29) is 12.2 Å². The van der Waals surface area contributed by atoms with Gasteiger partial charge in [0.15, 0.2) is 0 Å². The molecule has 0 spiro atoms. The molecule has 0 saturated heterocycles. The van der Waals surface area contributed by atoms with Crippen LogP contribution in [0.5, 0.6) is 0 Å². The number of halogens is 2. The molecule has 2 N–H and O–H groups in total. The molecule has 0 aliphatic carbocycles. The van der Waals surface area contributed by atoms with Gasteiger partial charge in [-0.3, -0.25) is 4.79 Å². The second-order valence-electron chi connectivity index (χ2n) is 4.67. The summed E-state index contributed by atoms with van der Waals surface area (Å²) in [5, 5.41) is 12.1. The maximum Gasteiger partial charge on any atom is 0.252 e. The SMILES string of the molecule is O=C(N[C@H](CO)Cc1ccccc1)c1cc(F)ccc1Br. The Morgan fingerprint density at radius 1 is 1.24 bits per heavy atom. The average molecular weight is 352 g/mol. The predicted octanol–water partition coefficient (Wildman–Crippen LogP) is 2.92. The smallest absolute Gasteiger partial charge is 0.252 e. The van der Waals surface area contributed by atoms with Crippen molar-refractivity contribution in [1.82, 2.24) is 5.32 Å². The molecule has 3 nitrogen and oxygen atoms in total. The first kappa shape index (κ1) is 15.7. The number of aliphatic hydroxyl groups excluding tert-OH is 1. The van der Waals surface area contributed by atoms with Gasteiger partial charge >= 0.3 is 0 Å². The number of hydrogen-bond acceptors (Lipinski definition) is 2. The molecule has 1 amide bonds. The molecule has 5 heteroatoms. The summed E-state index contributed by atoms with van der Waals surface area (Å²) < 4.78 is 13.7. The number of carbonyl (C=O) groups excluding carboxylic acids is 1. The molecule has 0 aromatic heterocycles. The summed E-state index contributed by atoms with van der Waals surface area (Å²) in [6, 6.07) is 13.0. The highest BCUT2D eigenvalue weighted by Gasteiger charge is 2.16. The highest BCUT2D eigenvalue weighted by atomic mass is 79.9. The summed E-state index contributed by atoms with van der Waals surface area (Å²) in [6.45, 7) is -0.187. The summed E-state index contributed by atoms with van der Waals surface area (Å²) in [6.07, 6.45) is 0.510. The summed E-state index contributed by atoms with van der Waals surface area (Å²) in [5.41, 5.74) is 1.22. The van der Waals surface area contributed by atoms with Gasteiger partial charge in [0.2, 0.25) is 0 Å². The Balaban J connectivity index is 2.07. The van der Waals surface area contributed by atoms with Crippen LogP contribution in [0.4, 0.5) is 4.39 Å². The maximum absolute atomic E-state index is 13.2. The van der Waals surface area contributed by atoms with Crippen LogP contribution in [0.25, 0.3) is 0 Å². The van der Waals surface area contributed by atoms with Gasteiger partial charge in [0.1, 0.15) is 5.82 Å². The van der Waals surface area contributed by atoms with E-state index >= 15 is 0 Å². The van der Waals surface area contributed by atoms with E-state index in [1.807, 2.05) is 30.3 Å². The Labute approximate surface area is 130 Å². The Morgan fingerprint density at radius 3 is 2.62 bits per heavy atom. The van der Waals surface area contributed by atoms with Gasteiger partial charge in [-0.1, -0.05) is 30.3 Å². The number of aliphatic hydroxyl groups is 1. The lowest BCUT2D eigenvalue weighted by Crippen LogP contribution is -2.39. The van der Waals surface area contributed by atoms with Gasteiger partial charge in [-0.25, -0.2) is 4.39 Å². The molecule has 0 saturated carbocycles. The average Bonchev–Trinajstić information content (AvgIpc) is 2.50. The zero-order valence-corrected chi connectivity index (χ0v) is 12.8. The predicted molar refractivity (Wildman–Crippen MR) is 82.6 cm³/mol. The van der Waals surface area contributed by atoms with E-state index in [0.29, 0.717) is 10.9 Å². The molecule has 21 heavy (non-hydrogen) atoms. The summed E-state index contributed by atoms with van der Waals surface area (Å²) >= 11 is 3.22. The Kier molecular flexibility index (Phi) is 5.47.